The van der Waals surface area contributed by atoms with Crippen LogP contribution in [0.15, 0.2) is 78.9 Å². The summed E-state index contributed by atoms with van der Waals surface area (Å²) < 4.78 is 0. The Hall–Kier alpha value is -2.86. The van der Waals surface area contributed by atoms with Gasteiger partial charge in [0, 0.05) is 10.0 Å². The Morgan fingerprint density at radius 1 is 0.767 bits per heavy atom. The van der Waals surface area contributed by atoms with E-state index in [1.165, 1.54) is 4.90 Å². The van der Waals surface area contributed by atoms with Crippen molar-refractivity contribution in [1.82, 2.24) is 0 Å². The van der Waals surface area contributed by atoms with Gasteiger partial charge < -0.3 is 0 Å². The van der Waals surface area contributed by atoms with Crippen LogP contribution in [-0.4, -0.2) is 17.9 Å². The summed E-state index contributed by atoms with van der Waals surface area (Å²) in [6.45, 7) is 0. The number of hydrogen-bond donors (Lipinski definition) is 0. The van der Waals surface area contributed by atoms with Crippen molar-refractivity contribution < 1.29 is 14.4 Å². The predicted molar refractivity (Wildman–Crippen MR) is 115 cm³/mol. The zero-order valence-corrected chi connectivity index (χ0v) is 17.1. The number of benzene rings is 3. The van der Waals surface area contributed by atoms with E-state index in [9.17, 15) is 9.59 Å². The molecule has 2 aliphatic rings. The van der Waals surface area contributed by atoms with Crippen LogP contribution in [0.1, 0.15) is 11.6 Å². The molecule has 2 fully saturated rings. The second-order valence-electron chi connectivity index (χ2n) is 7.17. The molecule has 30 heavy (non-hydrogen) atoms. The van der Waals surface area contributed by atoms with Crippen molar-refractivity contribution >= 4 is 46.4 Å². The lowest BCUT2D eigenvalue weighted by molar-refractivity contribution is -0.126. The maximum absolute atomic E-state index is 13.5. The molecule has 0 unspecified atom stereocenters. The van der Waals surface area contributed by atoms with Gasteiger partial charge in [-0.2, -0.15) is 0 Å². The van der Waals surface area contributed by atoms with Crippen molar-refractivity contribution in [3.8, 4) is 0 Å². The van der Waals surface area contributed by atoms with E-state index in [4.69, 9.17) is 28.0 Å². The van der Waals surface area contributed by atoms with Crippen LogP contribution in [-0.2, 0) is 14.4 Å². The van der Waals surface area contributed by atoms with Crippen molar-refractivity contribution in [3.63, 3.8) is 0 Å². The van der Waals surface area contributed by atoms with Crippen molar-refractivity contribution in [3.05, 3.63) is 94.5 Å². The number of anilines is 2. The highest BCUT2D eigenvalue weighted by Crippen LogP contribution is 2.49. The third kappa shape index (κ3) is 2.98. The van der Waals surface area contributed by atoms with E-state index in [0.717, 1.165) is 5.69 Å². The molecule has 0 aromatic heterocycles. The molecule has 3 aromatic carbocycles. The molecule has 0 radical (unpaired) electrons. The van der Waals surface area contributed by atoms with E-state index < -0.39 is 18.1 Å². The first-order valence-electron chi connectivity index (χ1n) is 9.45. The van der Waals surface area contributed by atoms with Crippen LogP contribution in [0.4, 0.5) is 11.4 Å². The van der Waals surface area contributed by atoms with E-state index in [2.05, 4.69) is 0 Å². The van der Waals surface area contributed by atoms with Gasteiger partial charge in [-0.25, -0.2) is 9.96 Å². The van der Waals surface area contributed by atoms with Crippen molar-refractivity contribution in [2.45, 2.75) is 12.1 Å². The molecule has 2 amide bonds. The predicted octanol–water partition coefficient (Wildman–Crippen LogP) is 5.04. The lowest BCUT2D eigenvalue weighted by atomic mass is 9.90. The minimum absolute atomic E-state index is 0.314. The number of carbonyl (C=O) groups excluding carboxylic acids is 2. The Labute approximate surface area is 183 Å². The van der Waals surface area contributed by atoms with Gasteiger partial charge >= 0.3 is 0 Å². The summed E-state index contributed by atoms with van der Waals surface area (Å²) in [5, 5.41) is 2.52. The summed E-state index contributed by atoms with van der Waals surface area (Å²) >= 11 is 12.6. The average Bonchev–Trinajstić information content (AvgIpc) is 3.26. The summed E-state index contributed by atoms with van der Waals surface area (Å²) in [5.74, 6) is -1.44. The van der Waals surface area contributed by atoms with Crippen molar-refractivity contribution in [2.24, 2.45) is 5.92 Å². The van der Waals surface area contributed by atoms with Gasteiger partial charge in [-0.05, 0) is 42.0 Å². The summed E-state index contributed by atoms with van der Waals surface area (Å²) in [6.07, 6.45) is -0.936. The molecular formula is C23H16Cl2N2O3. The molecule has 0 aliphatic carbocycles. The van der Waals surface area contributed by atoms with Gasteiger partial charge in [-0.3, -0.25) is 14.4 Å². The summed E-state index contributed by atoms with van der Waals surface area (Å²) in [5.41, 5.74) is 1.93. The lowest BCUT2D eigenvalue weighted by Gasteiger charge is -2.29. The second kappa shape index (κ2) is 7.43. The minimum atomic E-state index is -0.936. The van der Waals surface area contributed by atoms with Crippen LogP contribution < -0.4 is 9.96 Å². The summed E-state index contributed by atoms with van der Waals surface area (Å²) in [7, 11) is 0. The fraction of sp³-hybridized carbons (Fsp3) is 0.130. The lowest BCUT2D eigenvalue weighted by Crippen LogP contribution is -2.37. The quantitative estimate of drug-likeness (QED) is 0.537. The van der Waals surface area contributed by atoms with Gasteiger partial charge in [0.15, 0.2) is 6.10 Å². The van der Waals surface area contributed by atoms with Gasteiger partial charge in [-0.15, -0.1) is 0 Å². The van der Waals surface area contributed by atoms with Crippen LogP contribution in [0.3, 0.4) is 0 Å². The fourth-order valence-corrected chi connectivity index (χ4v) is 4.62. The molecule has 3 atom stereocenters. The maximum atomic E-state index is 13.5. The number of rotatable bonds is 3. The largest absolute Gasteiger partial charge is 0.273 e. The fourth-order valence-electron chi connectivity index (χ4n) is 4.10. The number of fused-ring (bicyclic) bond motifs is 1. The zero-order valence-electron chi connectivity index (χ0n) is 15.6. The number of hydrogen-bond acceptors (Lipinski definition) is 4. The molecule has 5 rings (SSSR count). The zero-order chi connectivity index (χ0) is 20.8. The number of hydroxylamine groups is 1. The number of amides is 2. The molecule has 0 saturated carbocycles. The number of nitrogens with zero attached hydrogens (tertiary/aromatic N) is 2. The molecule has 3 aromatic rings. The molecule has 5 nitrogen and oxygen atoms in total. The van der Waals surface area contributed by atoms with Crippen LogP contribution in [0, 0.1) is 5.92 Å². The maximum Gasteiger partial charge on any atom is 0.266 e. The second-order valence-corrected chi connectivity index (χ2v) is 8.01. The normalized spacial score (nSPS) is 23.2. The highest BCUT2D eigenvalue weighted by Gasteiger charge is 2.60. The number of carbonyl (C=O) groups is 2. The molecule has 0 bridgehead atoms. The molecule has 2 heterocycles. The van der Waals surface area contributed by atoms with Gasteiger partial charge in [0.25, 0.3) is 5.91 Å². The SMILES string of the molecule is O=C1[C@@H]2[C@@H](ON(c3ccccc3)[C@H]2c2ccc(Cl)cc2Cl)C(=O)N1c1ccccc1. The van der Waals surface area contributed by atoms with Gasteiger partial charge in [0.2, 0.25) is 5.91 Å². The molecular weight excluding hydrogens is 423 g/mol. The van der Waals surface area contributed by atoms with Crippen LogP contribution in [0.25, 0.3) is 0 Å². The molecule has 0 N–H and O–H groups in total. The minimum Gasteiger partial charge on any atom is -0.273 e. The Kier molecular flexibility index (Phi) is 4.74. The van der Waals surface area contributed by atoms with Gasteiger partial charge in [0.1, 0.15) is 5.92 Å². The summed E-state index contributed by atoms with van der Waals surface area (Å²) in [4.78, 5) is 33.9. The Morgan fingerprint density at radius 3 is 2.03 bits per heavy atom. The molecule has 0 spiro atoms. The van der Waals surface area contributed by atoms with E-state index in [1.54, 1.807) is 47.5 Å². The smallest absolute Gasteiger partial charge is 0.266 e. The first-order valence-corrected chi connectivity index (χ1v) is 10.2. The van der Waals surface area contributed by atoms with Crippen LogP contribution >= 0.6 is 23.2 Å². The molecule has 2 saturated heterocycles. The monoisotopic (exact) mass is 438 g/mol. The Morgan fingerprint density at radius 2 is 1.40 bits per heavy atom. The molecule has 2 aliphatic heterocycles. The summed E-state index contributed by atoms with van der Waals surface area (Å²) in [6, 6.07) is 22.8. The van der Waals surface area contributed by atoms with Crippen molar-refractivity contribution in [2.75, 3.05) is 9.96 Å². The highest BCUT2D eigenvalue weighted by molar-refractivity contribution is 6.35. The first kappa shape index (κ1) is 19.1. The molecule has 150 valence electrons. The van der Waals surface area contributed by atoms with Gasteiger partial charge in [-0.1, -0.05) is 65.7 Å². The topological polar surface area (TPSA) is 49.9 Å². The van der Waals surface area contributed by atoms with E-state index in [0.29, 0.717) is 21.3 Å². The van der Waals surface area contributed by atoms with Crippen LogP contribution in [0.2, 0.25) is 10.0 Å². The van der Waals surface area contributed by atoms with E-state index in [-0.39, 0.29) is 11.8 Å². The number of imide groups is 1. The third-order valence-corrected chi connectivity index (χ3v) is 5.98. The number of para-hydroxylation sites is 2. The third-order valence-electron chi connectivity index (χ3n) is 5.42. The Bertz CT molecular complexity index is 1120. The Balaban J connectivity index is 1.62. The van der Waals surface area contributed by atoms with Crippen LogP contribution in [0.5, 0.6) is 0 Å². The number of halogens is 2. The van der Waals surface area contributed by atoms with E-state index in [1.807, 2.05) is 36.4 Å². The molecule has 7 heteroatoms. The standard InChI is InChI=1S/C23H16Cl2N2O3/c24-14-11-12-17(18(25)13-14)20-19-21(30-27(20)16-9-5-2-6-10-16)23(29)26(22(19)28)15-7-3-1-4-8-15/h1-13,19-21H/t19-,20-,21+/m0/s1. The van der Waals surface area contributed by atoms with Gasteiger partial charge in [0.05, 0.1) is 17.4 Å². The van der Waals surface area contributed by atoms with Crippen molar-refractivity contribution in [1.29, 1.82) is 0 Å². The average molecular weight is 439 g/mol. The first-order chi connectivity index (χ1) is 14.6. The highest BCUT2D eigenvalue weighted by atomic mass is 35.5. The van der Waals surface area contributed by atoms with E-state index >= 15 is 0 Å².